The Hall–Kier alpha value is -2.86. The van der Waals surface area contributed by atoms with Gasteiger partial charge in [-0.25, -0.2) is 4.98 Å². The highest BCUT2D eigenvalue weighted by atomic mass is 79.9. The van der Waals surface area contributed by atoms with Gasteiger partial charge >= 0.3 is 0 Å². The molecule has 0 fully saturated rings. The van der Waals surface area contributed by atoms with Crippen LogP contribution >= 0.6 is 15.9 Å². The monoisotopic (exact) mass is 393 g/mol. The average Bonchev–Trinajstić information content (AvgIpc) is 2.97. The van der Waals surface area contributed by atoms with Gasteiger partial charge in [0.1, 0.15) is 5.82 Å². The van der Waals surface area contributed by atoms with Crippen molar-refractivity contribution in [2.75, 3.05) is 10.6 Å². The van der Waals surface area contributed by atoms with Crippen molar-refractivity contribution in [1.29, 1.82) is 0 Å². The molecule has 6 heteroatoms. The number of H-pyrrole nitrogens is 1. The highest BCUT2D eigenvalue weighted by Gasteiger charge is 2.04. The molecule has 5 nitrogen and oxygen atoms in total. The van der Waals surface area contributed by atoms with E-state index < -0.39 is 0 Å². The fourth-order valence-electron chi connectivity index (χ4n) is 2.67. The van der Waals surface area contributed by atoms with Crippen molar-refractivity contribution in [2.24, 2.45) is 0 Å². The molecule has 0 bridgehead atoms. The van der Waals surface area contributed by atoms with Crippen LogP contribution in [0.5, 0.6) is 0 Å². The van der Waals surface area contributed by atoms with Crippen LogP contribution in [0.2, 0.25) is 0 Å². The van der Waals surface area contributed by atoms with Crippen LogP contribution in [-0.4, -0.2) is 15.0 Å². The molecule has 124 valence electrons. The minimum atomic E-state index is 0.537. The molecule has 0 unspecified atom stereocenters. The Morgan fingerprint density at radius 1 is 1.00 bits per heavy atom. The first-order valence-electron chi connectivity index (χ1n) is 7.88. The van der Waals surface area contributed by atoms with Gasteiger partial charge in [-0.2, -0.15) is 4.98 Å². The summed E-state index contributed by atoms with van der Waals surface area (Å²) in [7, 11) is 0. The molecule has 2 aromatic heterocycles. The van der Waals surface area contributed by atoms with Crippen molar-refractivity contribution in [3.8, 4) is 0 Å². The summed E-state index contributed by atoms with van der Waals surface area (Å²) in [4.78, 5) is 12.1. The van der Waals surface area contributed by atoms with Crippen LogP contribution in [0.3, 0.4) is 0 Å². The molecule has 0 aliphatic heterocycles. The van der Waals surface area contributed by atoms with E-state index in [1.165, 1.54) is 5.39 Å². The predicted octanol–water partition coefficient (Wildman–Crippen LogP) is 5.52. The molecule has 0 saturated carbocycles. The summed E-state index contributed by atoms with van der Waals surface area (Å²) >= 11 is 3.51. The van der Waals surface area contributed by atoms with Gasteiger partial charge in [-0.3, -0.25) is 0 Å². The molecule has 3 N–H and O–H groups in total. The van der Waals surface area contributed by atoms with Crippen LogP contribution in [0.1, 0.15) is 5.69 Å². The standard InChI is InChI=1S/C19H16BrN5/c1-12-10-13-11-14(6-7-16(13)22-12)23-18-8-9-21-19(25-18)24-17-5-3-2-4-15(17)20/h2-11,22H,1H3,(H2,21,23,24,25). The number of aromatic amines is 1. The molecule has 0 spiro atoms. The van der Waals surface area contributed by atoms with Gasteiger partial charge in [0.05, 0.1) is 5.69 Å². The van der Waals surface area contributed by atoms with Gasteiger partial charge in [-0.15, -0.1) is 0 Å². The zero-order valence-electron chi connectivity index (χ0n) is 13.5. The minimum Gasteiger partial charge on any atom is -0.359 e. The second-order valence-electron chi connectivity index (χ2n) is 5.75. The third-order valence-corrected chi connectivity index (χ3v) is 4.50. The van der Waals surface area contributed by atoms with E-state index in [1.54, 1.807) is 6.20 Å². The van der Waals surface area contributed by atoms with Crippen molar-refractivity contribution in [1.82, 2.24) is 15.0 Å². The third-order valence-electron chi connectivity index (χ3n) is 3.80. The average molecular weight is 394 g/mol. The van der Waals surface area contributed by atoms with Gasteiger partial charge in [0.25, 0.3) is 0 Å². The second kappa shape index (κ2) is 6.57. The van der Waals surface area contributed by atoms with Crippen LogP contribution in [-0.2, 0) is 0 Å². The third kappa shape index (κ3) is 3.49. The predicted molar refractivity (Wildman–Crippen MR) is 106 cm³/mol. The zero-order valence-corrected chi connectivity index (χ0v) is 15.1. The topological polar surface area (TPSA) is 65.6 Å². The Labute approximate surface area is 153 Å². The number of hydrogen-bond donors (Lipinski definition) is 3. The highest BCUT2D eigenvalue weighted by molar-refractivity contribution is 9.10. The molecule has 0 aliphatic rings. The van der Waals surface area contributed by atoms with Crippen LogP contribution in [0.15, 0.2) is 65.3 Å². The second-order valence-corrected chi connectivity index (χ2v) is 6.60. The molecular weight excluding hydrogens is 378 g/mol. The van der Waals surface area contributed by atoms with Crippen LogP contribution in [0, 0.1) is 6.92 Å². The lowest BCUT2D eigenvalue weighted by Crippen LogP contribution is -2.00. The van der Waals surface area contributed by atoms with E-state index in [2.05, 4.69) is 66.6 Å². The number of halogens is 1. The minimum absolute atomic E-state index is 0.537. The Balaban J connectivity index is 1.57. The number of aryl methyl sites for hydroxylation is 1. The molecule has 2 aromatic carbocycles. The van der Waals surface area contributed by atoms with Crippen LogP contribution in [0.4, 0.5) is 23.1 Å². The summed E-state index contributed by atoms with van der Waals surface area (Å²) in [5.74, 6) is 1.27. The number of aromatic nitrogens is 3. The SMILES string of the molecule is Cc1cc2cc(Nc3ccnc(Nc4ccccc4Br)n3)ccc2[nH]1. The summed E-state index contributed by atoms with van der Waals surface area (Å²) < 4.78 is 0.963. The van der Waals surface area contributed by atoms with E-state index in [9.17, 15) is 0 Å². The molecule has 0 amide bonds. The fourth-order valence-corrected chi connectivity index (χ4v) is 3.06. The van der Waals surface area contributed by atoms with Gasteiger partial charge in [0, 0.05) is 33.0 Å². The van der Waals surface area contributed by atoms with E-state index in [0.717, 1.165) is 32.9 Å². The van der Waals surface area contributed by atoms with Gasteiger partial charge in [-0.05, 0) is 65.3 Å². The molecule has 0 atom stereocenters. The van der Waals surface area contributed by atoms with E-state index in [-0.39, 0.29) is 0 Å². The van der Waals surface area contributed by atoms with E-state index in [1.807, 2.05) is 36.4 Å². The lowest BCUT2D eigenvalue weighted by Gasteiger charge is -2.09. The molecule has 2 heterocycles. The number of rotatable bonds is 4. The first kappa shape index (κ1) is 15.7. The Morgan fingerprint density at radius 2 is 1.88 bits per heavy atom. The Morgan fingerprint density at radius 3 is 2.76 bits per heavy atom. The fraction of sp³-hybridized carbons (Fsp3) is 0.0526. The molecule has 0 saturated heterocycles. The van der Waals surface area contributed by atoms with Gasteiger partial charge in [-0.1, -0.05) is 12.1 Å². The lowest BCUT2D eigenvalue weighted by atomic mass is 10.2. The van der Waals surface area contributed by atoms with E-state index in [4.69, 9.17) is 0 Å². The van der Waals surface area contributed by atoms with Crippen molar-refractivity contribution in [3.63, 3.8) is 0 Å². The number of fused-ring (bicyclic) bond motifs is 1. The number of benzene rings is 2. The molecule has 4 rings (SSSR count). The first-order valence-corrected chi connectivity index (χ1v) is 8.68. The summed E-state index contributed by atoms with van der Waals surface area (Å²) in [6, 6.07) is 18.0. The van der Waals surface area contributed by atoms with E-state index in [0.29, 0.717) is 5.95 Å². The molecule has 0 radical (unpaired) electrons. The maximum atomic E-state index is 4.53. The quantitative estimate of drug-likeness (QED) is 0.427. The van der Waals surface area contributed by atoms with Gasteiger partial charge < -0.3 is 15.6 Å². The van der Waals surface area contributed by atoms with Crippen LogP contribution in [0.25, 0.3) is 10.9 Å². The molecule has 25 heavy (non-hydrogen) atoms. The number of hydrogen-bond acceptors (Lipinski definition) is 4. The van der Waals surface area contributed by atoms with Crippen molar-refractivity contribution < 1.29 is 0 Å². The van der Waals surface area contributed by atoms with Crippen LogP contribution < -0.4 is 10.6 Å². The van der Waals surface area contributed by atoms with Gasteiger partial charge in [0.15, 0.2) is 0 Å². The van der Waals surface area contributed by atoms with Crippen molar-refractivity contribution in [3.05, 3.63) is 71.0 Å². The van der Waals surface area contributed by atoms with Gasteiger partial charge in [0.2, 0.25) is 5.95 Å². The number of para-hydroxylation sites is 1. The molecular formula is C19H16BrN5. The summed E-state index contributed by atoms with van der Waals surface area (Å²) in [6.07, 6.45) is 1.73. The summed E-state index contributed by atoms with van der Waals surface area (Å²) in [5.41, 5.74) is 4.18. The number of anilines is 4. The first-order chi connectivity index (χ1) is 12.2. The molecule has 4 aromatic rings. The smallest absolute Gasteiger partial charge is 0.229 e. The largest absolute Gasteiger partial charge is 0.359 e. The summed E-state index contributed by atoms with van der Waals surface area (Å²) in [6.45, 7) is 2.05. The number of nitrogens with zero attached hydrogens (tertiary/aromatic N) is 2. The summed E-state index contributed by atoms with van der Waals surface area (Å²) in [5, 5.41) is 7.72. The molecule has 0 aliphatic carbocycles. The Bertz CT molecular complexity index is 1040. The maximum Gasteiger partial charge on any atom is 0.229 e. The lowest BCUT2D eigenvalue weighted by molar-refractivity contribution is 1.16. The van der Waals surface area contributed by atoms with E-state index >= 15 is 0 Å². The van der Waals surface area contributed by atoms with Crippen molar-refractivity contribution in [2.45, 2.75) is 6.92 Å². The number of nitrogens with one attached hydrogen (secondary N) is 3. The zero-order chi connectivity index (χ0) is 17.2. The maximum absolute atomic E-state index is 4.53. The highest BCUT2D eigenvalue weighted by Crippen LogP contribution is 2.25. The van der Waals surface area contributed by atoms with Crippen molar-refractivity contribution >= 4 is 50.0 Å². The normalized spacial score (nSPS) is 10.8. The Kier molecular flexibility index (Phi) is 4.11.